The fraction of sp³-hybridized carbons (Fsp3) is 0.417. The van der Waals surface area contributed by atoms with Crippen LogP contribution in [-0.2, 0) is 4.74 Å². The maximum atomic E-state index is 11.9. The van der Waals surface area contributed by atoms with Crippen molar-refractivity contribution in [1.29, 1.82) is 0 Å². The molecule has 96 valence electrons. The number of carbonyl (C=O) groups excluding carboxylic acids is 1. The Bertz CT molecular complexity index is 538. The van der Waals surface area contributed by atoms with Gasteiger partial charge in [-0.25, -0.2) is 9.78 Å². The number of aromatic amines is 1. The van der Waals surface area contributed by atoms with Gasteiger partial charge in [0.15, 0.2) is 5.65 Å². The molecule has 0 spiro atoms. The van der Waals surface area contributed by atoms with E-state index in [4.69, 9.17) is 4.74 Å². The van der Waals surface area contributed by atoms with Crippen LogP contribution in [0.2, 0.25) is 0 Å². The second-order valence-corrected chi connectivity index (χ2v) is 4.97. The lowest BCUT2D eigenvalue weighted by molar-refractivity contribution is 0.0587. The first kappa shape index (κ1) is 12.3. The van der Waals surface area contributed by atoms with Crippen molar-refractivity contribution in [2.75, 3.05) is 11.9 Å². The predicted octanol–water partition coefficient (Wildman–Crippen LogP) is 2.33. The molecule has 2 rings (SSSR count). The normalized spacial score (nSPS) is 11.6. The van der Waals surface area contributed by atoms with E-state index in [1.54, 1.807) is 19.3 Å². The molecule has 0 aliphatic heterocycles. The number of pyridine rings is 1. The largest absolute Gasteiger partial charge is 0.443 e. The fourth-order valence-electron chi connectivity index (χ4n) is 1.41. The van der Waals surface area contributed by atoms with Crippen LogP contribution in [0.25, 0.3) is 11.2 Å². The average Bonchev–Trinajstić information content (AvgIpc) is 2.68. The number of nitrogens with zero attached hydrogens (tertiary/aromatic N) is 3. The van der Waals surface area contributed by atoms with Gasteiger partial charge in [0.2, 0.25) is 5.95 Å². The van der Waals surface area contributed by atoms with E-state index in [0.29, 0.717) is 11.6 Å². The molecule has 0 radical (unpaired) electrons. The van der Waals surface area contributed by atoms with Crippen LogP contribution in [0.4, 0.5) is 10.7 Å². The summed E-state index contributed by atoms with van der Waals surface area (Å²) in [7, 11) is 1.60. The van der Waals surface area contributed by atoms with Crippen LogP contribution in [0.15, 0.2) is 18.3 Å². The summed E-state index contributed by atoms with van der Waals surface area (Å²) in [4.78, 5) is 24.5. The topological polar surface area (TPSA) is 71.1 Å². The van der Waals surface area contributed by atoms with Crippen molar-refractivity contribution in [1.82, 2.24) is 15.0 Å². The van der Waals surface area contributed by atoms with Crippen molar-refractivity contribution < 1.29 is 9.53 Å². The number of imidazole rings is 1. The van der Waals surface area contributed by atoms with Gasteiger partial charge in [-0.15, -0.1) is 0 Å². The fourth-order valence-corrected chi connectivity index (χ4v) is 1.41. The minimum absolute atomic E-state index is 0.415. The van der Waals surface area contributed by atoms with Crippen LogP contribution in [0, 0.1) is 0 Å². The van der Waals surface area contributed by atoms with Gasteiger partial charge in [0.25, 0.3) is 0 Å². The number of nitrogens with one attached hydrogen (secondary N) is 1. The maximum absolute atomic E-state index is 11.9. The Kier molecular flexibility index (Phi) is 2.94. The van der Waals surface area contributed by atoms with Crippen molar-refractivity contribution in [3.63, 3.8) is 0 Å². The number of hydrogen-bond acceptors (Lipinski definition) is 4. The van der Waals surface area contributed by atoms with Gasteiger partial charge in [0.1, 0.15) is 5.60 Å². The van der Waals surface area contributed by atoms with E-state index < -0.39 is 11.7 Å². The molecule has 18 heavy (non-hydrogen) atoms. The minimum atomic E-state index is -0.532. The Morgan fingerprint density at radius 1 is 1.44 bits per heavy atom. The Morgan fingerprint density at radius 3 is 2.78 bits per heavy atom. The van der Waals surface area contributed by atoms with Gasteiger partial charge in [-0.2, -0.15) is 4.98 Å². The highest BCUT2D eigenvalue weighted by atomic mass is 16.6. The number of fused-ring (bicyclic) bond motifs is 1. The Hall–Kier alpha value is -2.11. The molecule has 6 heteroatoms. The molecule has 0 atom stereocenters. The van der Waals surface area contributed by atoms with Gasteiger partial charge in [0.05, 0.1) is 5.52 Å². The van der Waals surface area contributed by atoms with Crippen molar-refractivity contribution in [2.24, 2.45) is 0 Å². The van der Waals surface area contributed by atoms with Crippen molar-refractivity contribution >= 4 is 23.2 Å². The van der Waals surface area contributed by atoms with Gasteiger partial charge < -0.3 is 9.72 Å². The minimum Gasteiger partial charge on any atom is -0.443 e. The lowest BCUT2D eigenvalue weighted by atomic mass is 10.2. The van der Waals surface area contributed by atoms with E-state index in [9.17, 15) is 4.79 Å². The standard InChI is InChI=1S/C12H16N4O2/c1-12(2,3)18-11(17)16(4)10-14-8-6-5-7-13-9(8)15-10/h5-7H,1-4H3,(H,13,14,15). The first-order chi connectivity index (χ1) is 8.37. The van der Waals surface area contributed by atoms with Gasteiger partial charge in [-0.1, -0.05) is 0 Å². The number of H-pyrrole nitrogens is 1. The molecule has 0 aliphatic carbocycles. The third-order valence-corrected chi connectivity index (χ3v) is 2.23. The SMILES string of the molecule is CN(C(=O)OC(C)(C)C)c1nc2ncccc2[nH]1. The molecule has 2 heterocycles. The summed E-state index contributed by atoms with van der Waals surface area (Å²) in [6.07, 6.45) is 1.20. The second-order valence-electron chi connectivity index (χ2n) is 4.97. The summed E-state index contributed by atoms with van der Waals surface area (Å²) < 4.78 is 5.26. The molecule has 6 nitrogen and oxygen atoms in total. The summed E-state index contributed by atoms with van der Waals surface area (Å²) in [5.74, 6) is 0.415. The maximum Gasteiger partial charge on any atom is 0.416 e. The lowest BCUT2D eigenvalue weighted by Crippen LogP contribution is -2.34. The van der Waals surface area contributed by atoms with E-state index in [2.05, 4.69) is 15.0 Å². The van der Waals surface area contributed by atoms with E-state index >= 15 is 0 Å². The molecule has 0 saturated heterocycles. The Morgan fingerprint density at radius 2 is 2.17 bits per heavy atom. The highest BCUT2D eigenvalue weighted by Gasteiger charge is 2.22. The first-order valence-electron chi connectivity index (χ1n) is 5.64. The van der Waals surface area contributed by atoms with Gasteiger partial charge in [-0.05, 0) is 32.9 Å². The third-order valence-electron chi connectivity index (χ3n) is 2.23. The summed E-state index contributed by atoms with van der Waals surface area (Å²) >= 11 is 0. The lowest BCUT2D eigenvalue weighted by Gasteiger charge is -2.23. The van der Waals surface area contributed by atoms with Crippen molar-refractivity contribution in [3.8, 4) is 0 Å². The number of hydrogen-bond donors (Lipinski definition) is 1. The number of amides is 1. The van der Waals surface area contributed by atoms with Crippen molar-refractivity contribution in [3.05, 3.63) is 18.3 Å². The monoisotopic (exact) mass is 248 g/mol. The summed E-state index contributed by atoms with van der Waals surface area (Å²) in [6.45, 7) is 5.46. The van der Waals surface area contributed by atoms with E-state index in [-0.39, 0.29) is 0 Å². The molecule has 0 saturated carbocycles. The summed E-state index contributed by atoms with van der Waals surface area (Å²) in [5.41, 5.74) is 0.820. The van der Waals surface area contributed by atoms with E-state index in [0.717, 1.165) is 5.52 Å². The quantitative estimate of drug-likeness (QED) is 0.840. The molecular formula is C12H16N4O2. The van der Waals surface area contributed by atoms with Crippen LogP contribution in [0.1, 0.15) is 20.8 Å². The van der Waals surface area contributed by atoms with Crippen LogP contribution >= 0.6 is 0 Å². The molecule has 1 amide bonds. The zero-order valence-corrected chi connectivity index (χ0v) is 10.9. The molecule has 0 bridgehead atoms. The zero-order valence-electron chi connectivity index (χ0n) is 10.9. The Balaban J connectivity index is 2.23. The van der Waals surface area contributed by atoms with Gasteiger partial charge in [0, 0.05) is 13.2 Å². The van der Waals surface area contributed by atoms with Crippen LogP contribution < -0.4 is 4.90 Å². The summed E-state index contributed by atoms with van der Waals surface area (Å²) in [6, 6.07) is 3.65. The number of carbonyl (C=O) groups is 1. The zero-order chi connectivity index (χ0) is 13.3. The number of rotatable bonds is 1. The first-order valence-corrected chi connectivity index (χ1v) is 5.64. The smallest absolute Gasteiger partial charge is 0.416 e. The van der Waals surface area contributed by atoms with Gasteiger partial charge in [-0.3, -0.25) is 4.90 Å². The van der Waals surface area contributed by atoms with Crippen LogP contribution in [0.3, 0.4) is 0 Å². The van der Waals surface area contributed by atoms with Crippen LogP contribution in [0.5, 0.6) is 0 Å². The molecule has 0 aromatic carbocycles. The molecule has 0 fully saturated rings. The van der Waals surface area contributed by atoms with Crippen molar-refractivity contribution in [2.45, 2.75) is 26.4 Å². The molecule has 0 aliphatic rings. The molecule has 0 unspecified atom stereocenters. The molecule has 2 aromatic heterocycles. The van der Waals surface area contributed by atoms with E-state index in [1.807, 2.05) is 26.8 Å². The molecule has 2 aromatic rings. The number of aromatic nitrogens is 3. The second kappa shape index (κ2) is 4.29. The van der Waals surface area contributed by atoms with E-state index in [1.165, 1.54) is 4.90 Å². The predicted molar refractivity (Wildman–Crippen MR) is 68.5 cm³/mol. The molecule has 1 N–H and O–H groups in total. The number of anilines is 1. The molecular weight excluding hydrogens is 232 g/mol. The Labute approximate surface area is 105 Å². The van der Waals surface area contributed by atoms with Gasteiger partial charge >= 0.3 is 6.09 Å². The highest BCUT2D eigenvalue weighted by molar-refractivity contribution is 5.87. The third kappa shape index (κ3) is 2.58. The van der Waals surface area contributed by atoms with Crippen LogP contribution in [-0.4, -0.2) is 33.7 Å². The summed E-state index contributed by atoms with van der Waals surface area (Å²) in [5, 5.41) is 0. The number of ether oxygens (including phenoxy) is 1. The average molecular weight is 248 g/mol. The highest BCUT2D eigenvalue weighted by Crippen LogP contribution is 2.16.